The van der Waals surface area contributed by atoms with Crippen LogP contribution >= 0.6 is 11.8 Å². The third-order valence-corrected chi connectivity index (χ3v) is 2.35. The fourth-order valence-corrected chi connectivity index (χ4v) is 1.34. The van der Waals surface area contributed by atoms with Gasteiger partial charge < -0.3 is 4.74 Å². The van der Waals surface area contributed by atoms with E-state index in [0.29, 0.717) is 11.3 Å². The first-order valence-electron chi connectivity index (χ1n) is 3.56. The normalized spacial score (nSPS) is 9.27. The largest absolute Gasteiger partial charge is 0.466 e. The van der Waals surface area contributed by atoms with Gasteiger partial charge in [-0.15, -0.1) is 0 Å². The zero-order valence-corrected chi connectivity index (χ0v) is 7.87. The van der Waals surface area contributed by atoms with E-state index >= 15 is 0 Å². The number of methoxy groups -OCH3 is 1. The number of hydrogen-bond acceptors (Lipinski definition) is 3. The second-order valence-electron chi connectivity index (χ2n) is 2.15. The van der Waals surface area contributed by atoms with Crippen molar-refractivity contribution in [2.24, 2.45) is 0 Å². The van der Waals surface area contributed by atoms with Gasteiger partial charge in [-0.05, 0) is 12.2 Å². The van der Waals surface area contributed by atoms with Crippen LogP contribution in [-0.2, 0) is 9.53 Å². The van der Waals surface area contributed by atoms with Gasteiger partial charge in [-0.1, -0.05) is 13.5 Å². The molecule has 11 heavy (non-hydrogen) atoms. The first-order chi connectivity index (χ1) is 5.22. The monoisotopic (exact) mass is 174 g/mol. The summed E-state index contributed by atoms with van der Waals surface area (Å²) in [6.45, 7) is 5.71. The number of ether oxygens (including phenoxy) is 1. The SMILES string of the molecule is C=C(CSCCC)C(=O)OC. The third kappa shape index (κ3) is 4.90. The predicted molar refractivity (Wildman–Crippen MR) is 48.8 cm³/mol. The topological polar surface area (TPSA) is 26.3 Å². The van der Waals surface area contributed by atoms with Gasteiger partial charge in [0.15, 0.2) is 0 Å². The molecule has 0 saturated carbocycles. The lowest BCUT2D eigenvalue weighted by atomic mass is 10.4. The van der Waals surface area contributed by atoms with Crippen LogP contribution in [0.25, 0.3) is 0 Å². The summed E-state index contributed by atoms with van der Waals surface area (Å²) in [6.07, 6.45) is 1.12. The molecule has 0 aliphatic rings. The van der Waals surface area contributed by atoms with Gasteiger partial charge in [0.25, 0.3) is 0 Å². The van der Waals surface area contributed by atoms with E-state index in [0.717, 1.165) is 12.2 Å². The lowest BCUT2D eigenvalue weighted by Gasteiger charge is -2.01. The molecule has 0 heterocycles. The molecule has 0 amide bonds. The van der Waals surface area contributed by atoms with Crippen molar-refractivity contribution < 1.29 is 9.53 Å². The van der Waals surface area contributed by atoms with E-state index in [1.165, 1.54) is 7.11 Å². The first-order valence-corrected chi connectivity index (χ1v) is 4.71. The molecular formula is C8H14O2S. The molecule has 0 aliphatic heterocycles. The molecule has 64 valence electrons. The van der Waals surface area contributed by atoms with Crippen molar-refractivity contribution in [1.29, 1.82) is 0 Å². The van der Waals surface area contributed by atoms with Crippen molar-refractivity contribution in [3.8, 4) is 0 Å². The Bertz CT molecular complexity index is 143. The zero-order valence-electron chi connectivity index (χ0n) is 7.05. The molecule has 2 nitrogen and oxygen atoms in total. The Balaban J connectivity index is 3.44. The Hall–Kier alpha value is -0.440. The highest BCUT2D eigenvalue weighted by Crippen LogP contribution is 2.08. The molecule has 0 atom stereocenters. The summed E-state index contributed by atoms with van der Waals surface area (Å²) in [5.74, 6) is 1.45. The molecule has 0 aromatic heterocycles. The van der Waals surface area contributed by atoms with Gasteiger partial charge in [0.05, 0.1) is 7.11 Å². The molecule has 0 bridgehead atoms. The number of esters is 1. The number of carbonyl (C=O) groups is 1. The quantitative estimate of drug-likeness (QED) is 0.361. The van der Waals surface area contributed by atoms with Crippen LogP contribution in [0, 0.1) is 0 Å². The van der Waals surface area contributed by atoms with E-state index in [2.05, 4.69) is 18.2 Å². The molecule has 0 aromatic rings. The van der Waals surface area contributed by atoms with E-state index in [9.17, 15) is 4.79 Å². The van der Waals surface area contributed by atoms with Crippen LogP contribution in [0.2, 0.25) is 0 Å². The van der Waals surface area contributed by atoms with E-state index in [-0.39, 0.29) is 5.97 Å². The van der Waals surface area contributed by atoms with Crippen molar-refractivity contribution in [1.82, 2.24) is 0 Å². The van der Waals surface area contributed by atoms with Gasteiger partial charge in [-0.25, -0.2) is 4.79 Å². The van der Waals surface area contributed by atoms with Gasteiger partial charge in [0, 0.05) is 11.3 Å². The lowest BCUT2D eigenvalue weighted by molar-refractivity contribution is -0.135. The third-order valence-electron chi connectivity index (χ3n) is 1.10. The maximum absolute atomic E-state index is 10.8. The standard InChI is InChI=1S/C8H14O2S/c1-4-5-11-6-7(2)8(9)10-3/h2,4-6H2,1,3H3. The molecule has 3 heteroatoms. The van der Waals surface area contributed by atoms with Crippen LogP contribution in [0.5, 0.6) is 0 Å². The minimum absolute atomic E-state index is 0.298. The van der Waals surface area contributed by atoms with Gasteiger partial charge in [0.2, 0.25) is 0 Å². The van der Waals surface area contributed by atoms with Crippen LogP contribution in [0.4, 0.5) is 0 Å². The number of carbonyl (C=O) groups excluding carboxylic acids is 1. The molecule has 0 saturated heterocycles. The highest BCUT2D eigenvalue weighted by molar-refractivity contribution is 7.99. The van der Waals surface area contributed by atoms with Crippen LogP contribution in [0.15, 0.2) is 12.2 Å². The van der Waals surface area contributed by atoms with Crippen LogP contribution < -0.4 is 0 Å². The smallest absolute Gasteiger partial charge is 0.333 e. The van der Waals surface area contributed by atoms with Crippen molar-refractivity contribution >= 4 is 17.7 Å². The molecule has 0 rings (SSSR count). The van der Waals surface area contributed by atoms with Crippen LogP contribution in [-0.4, -0.2) is 24.6 Å². The van der Waals surface area contributed by atoms with Crippen molar-refractivity contribution in [3.05, 3.63) is 12.2 Å². The Labute approximate surface area is 72.0 Å². The molecule has 0 aliphatic carbocycles. The summed E-state index contributed by atoms with van der Waals surface area (Å²) < 4.78 is 4.49. The Morgan fingerprint density at radius 1 is 1.64 bits per heavy atom. The van der Waals surface area contributed by atoms with Gasteiger partial charge in [-0.2, -0.15) is 11.8 Å². The minimum atomic E-state index is -0.298. The zero-order chi connectivity index (χ0) is 8.69. The number of rotatable bonds is 5. The highest BCUT2D eigenvalue weighted by Gasteiger charge is 2.04. The molecule has 0 radical (unpaired) electrons. The lowest BCUT2D eigenvalue weighted by Crippen LogP contribution is -2.05. The second-order valence-corrected chi connectivity index (χ2v) is 3.25. The van der Waals surface area contributed by atoms with E-state index in [1.807, 2.05) is 0 Å². The van der Waals surface area contributed by atoms with Crippen LogP contribution in [0.1, 0.15) is 13.3 Å². The van der Waals surface area contributed by atoms with Gasteiger partial charge in [-0.3, -0.25) is 0 Å². The van der Waals surface area contributed by atoms with E-state index in [1.54, 1.807) is 11.8 Å². The van der Waals surface area contributed by atoms with E-state index < -0.39 is 0 Å². The van der Waals surface area contributed by atoms with E-state index in [4.69, 9.17) is 0 Å². The van der Waals surface area contributed by atoms with Gasteiger partial charge in [0.1, 0.15) is 0 Å². The minimum Gasteiger partial charge on any atom is -0.466 e. The first kappa shape index (κ1) is 10.6. The Kier molecular flexibility index (Phi) is 6.03. The molecule has 0 fully saturated rings. The summed E-state index contributed by atoms with van der Waals surface area (Å²) in [7, 11) is 1.37. The fraction of sp³-hybridized carbons (Fsp3) is 0.625. The summed E-state index contributed by atoms with van der Waals surface area (Å²) >= 11 is 1.70. The molecular weight excluding hydrogens is 160 g/mol. The summed E-state index contributed by atoms with van der Waals surface area (Å²) in [5, 5.41) is 0. The number of thioether (sulfide) groups is 1. The number of hydrogen-bond donors (Lipinski definition) is 0. The maximum atomic E-state index is 10.8. The Morgan fingerprint density at radius 2 is 2.27 bits per heavy atom. The summed E-state index contributed by atoms with van der Waals surface area (Å²) in [6, 6.07) is 0. The van der Waals surface area contributed by atoms with Crippen molar-refractivity contribution in [2.75, 3.05) is 18.6 Å². The average molecular weight is 174 g/mol. The average Bonchev–Trinajstić information content (AvgIpc) is 2.03. The molecule has 0 spiro atoms. The summed E-state index contributed by atoms with van der Waals surface area (Å²) in [4.78, 5) is 10.8. The second kappa shape index (κ2) is 6.28. The van der Waals surface area contributed by atoms with Crippen LogP contribution in [0.3, 0.4) is 0 Å². The highest BCUT2D eigenvalue weighted by atomic mass is 32.2. The predicted octanol–water partition coefficient (Wildman–Crippen LogP) is 1.86. The Morgan fingerprint density at radius 3 is 2.73 bits per heavy atom. The molecule has 0 unspecified atom stereocenters. The molecule has 0 N–H and O–H groups in total. The van der Waals surface area contributed by atoms with Gasteiger partial charge >= 0.3 is 5.97 Å². The maximum Gasteiger partial charge on any atom is 0.333 e. The van der Waals surface area contributed by atoms with Crippen molar-refractivity contribution in [2.45, 2.75) is 13.3 Å². The molecule has 0 aromatic carbocycles. The summed E-state index contributed by atoms with van der Waals surface area (Å²) in [5.41, 5.74) is 0.547. The fourth-order valence-electron chi connectivity index (χ4n) is 0.543. The van der Waals surface area contributed by atoms with Crippen molar-refractivity contribution in [3.63, 3.8) is 0 Å².